The minimum absolute atomic E-state index is 0.0566. The first-order valence-corrected chi connectivity index (χ1v) is 6.21. The van der Waals surface area contributed by atoms with Crippen molar-refractivity contribution in [3.05, 3.63) is 58.1 Å². The number of ketones is 3. The lowest BCUT2D eigenvalue weighted by atomic mass is 9.82. The summed E-state index contributed by atoms with van der Waals surface area (Å²) in [6.45, 7) is 1.36. The molecule has 104 valence electrons. The van der Waals surface area contributed by atoms with E-state index in [1.807, 2.05) is 0 Å². The second-order valence-electron chi connectivity index (χ2n) is 4.83. The van der Waals surface area contributed by atoms with Gasteiger partial charge in [0.25, 0.3) is 0 Å². The maximum Gasteiger partial charge on any atom is 0.198 e. The van der Waals surface area contributed by atoms with Crippen molar-refractivity contribution in [3.8, 4) is 11.5 Å². The molecule has 2 aromatic rings. The Hall–Kier alpha value is -2.95. The highest BCUT2D eigenvalue weighted by Crippen LogP contribution is 2.37. The standard InChI is InChI=1S/C16H10O5/c1-7(17)8-2-3-9-10(6-8)16(21)14-12(19)5-4-11(18)13(14)15(9)20/h2-6,18-19H,1H3. The summed E-state index contributed by atoms with van der Waals surface area (Å²) in [5.74, 6) is -2.11. The lowest BCUT2D eigenvalue weighted by Crippen LogP contribution is -2.21. The normalized spacial score (nSPS) is 12.8. The van der Waals surface area contributed by atoms with Crippen molar-refractivity contribution in [2.45, 2.75) is 6.92 Å². The largest absolute Gasteiger partial charge is 0.507 e. The molecular formula is C16H10O5. The fourth-order valence-electron chi connectivity index (χ4n) is 2.46. The van der Waals surface area contributed by atoms with Gasteiger partial charge in [-0.15, -0.1) is 0 Å². The van der Waals surface area contributed by atoms with E-state index < -0.39 is 11.6 Å². The monoisotopic (exact) mass is 282 g/mol. The molecule has 0 spiro atoms. The second kappa shape index (κ2) is 4.28. The summed E-state index contributed by atoms with van der Waals surface area (Å²) in [6, 6.07) is 6.49. The van der Waals surface area contributed by atoms with Crippen LogP contribution < -0.4 is 0 Å². The highest BCUT2D eigenvalue weighted by molar-refractivity contribution is 6.30. The molecule has 0 aliphatic heterocycles. The summed E-state index contributed by atoms with van der Waals surface area (Å²) < 4.78 is 0. The molecule has 0 unspecified atom stereocenters. The molecule has 0 saturated heterocycles. The first-order chi connectivity index (χ1) is 9.91. The van der Waals surface area contributed by atoms with E-state index in [1.165, 1.54) is 25.1 Å². The number of hydrogen-bond acceptors (Lipinski definition) is 5. The molecule has 1 aliphatic carbocycles. The number of phenols is 2. The molecule has 0 radical (unpaired) electrons. The third-order valence-electron chi connectivity index (χ3n) is 3.53. The van der Waals surface area contributed by atoms with Crippen molar-refractivity contribution in [2.75, 3.05) is 0 Å². The zero-order chi connectivity index (χ0) is 15.3. The van der Waals surface area contributed by atoms with Crippen LogP contribution in [0, 0.1) is 0 Å². The van der Waals surface area contributed by atoms with Gasteiger partial charge in [0.05, 0.1) is 11.1 Å². The number of hydrogen-bond donors (Lipinski definition) is 2. The number of fused-ring (bicyclic) bond motifs is 2. The van der Waals surface area contributed by atoms with Gasteiger partial charge in [-0.3, -0.25) is 14.4 Å². The van der Waals surface area contributed by atoms with Crippen LogP contribution in [0.3, 0.4) is 0 Å². The van der Waals surface area contributed by atoms with Gasteiger partial charge in [-0.1, -0.05) is 6.07 Å². The fourth-order valence-corrected chi connectivity index (χ4v) is 2.46. The van der Waals surface area contributed by atoms with Crippen molar-refractivity contribution in [1.29, 1.82) is 0 Å². The molecule has 0 atom stereocenters. The molecule has 0 bridgehead atoms. The molecule has 3 rings (SSSR count). The average molecular weight is 282 g/mol. The zero-order valence-electron chi connectivity index (χ0n) is 11.0. The predicted molar refractivity (Wildman–Crippen MR) is 73.1 cm³/mol. The maximum atomic E-state index is 12.5. The van der Waals surface area contributed by atoms with Crippen LogP contribution in [0.5, 0.6) is 11.5 Å². The molecule has 5 heteroatoms. The Morgan fingerprint density at radius 1 is 0.857 bits per heavy atom. The lowest BCUT2D eigenvalue weighted by molar-refractivity contribution is 0.0973. The molecule has 5 nitrogen and oxygen atoms in total. The Morgan fingerprint density at radius 2 is 1.38 bits per heavy atom. The van der Waals surface area contributed by atoms with Gasteiger partial charge in [-0.25, -0.2) is 0 Å². The molecule has 2 N–H and O–H groups in total. The summed E-state index contributed by atoms with van der Waals surface area (Å²) in [5.41, 5.74) is 0.0359. The number of phenolic OH excluding ortho intramolecular Hbond substituents is 2. The smallest absolute Gasteiger partial charge is 0.198 e. The number of Topliss-reactive ketones (excluding diaryl/α,β-unsaturated/α-hetero) is 1. The van der Waals surface area contributed by atoms with Crippen LogP contribution in [0.25, 0.3) is 0 Å². The minimum Gasteiger partial charge on any atom is -0.507 e. The Balaban J connectivity index is 2.33. The SMILES string of the molecule is CC(=O)c1ccc2c(c1)C(=O)c1c(O)ccc(O)c1C2=O. The molecule has 0 saturated carbocycles. The summed E-state index contributed by atoms with van der Waals surface area (Å²) in [7, 11) is 0. The Morgan fingerprint density at radius 3 is 1.90 bits per heavy atom. The third-order valence-corrected chi connectivity index (χ3v) is 3.53. The average Bonchev–Trinajstić information content (AvgIpc) is 2.46. The van der Waals surface area contributed by atoms with Gasteiger partial charge >= 0.3 is 0 Å². The van der Waals surface area contributed by atoms with Gasteiger partial charge in [0.2, 0.25) is 0 Å². The van der Waals surface area contributed by atoms with Crippen LogP contribution in [-0.4, -0.2) is 27.6 Å². The van der Waals surface area contributed by atoms with E-state index in [4.69, 9.17) is 0 Å². The van der Waals surface area contributed by atoms with Crippen molar-refractivity contribution in [1.82, 2.24) is 0 Å². The molecule has 1 aliphatic rings. The number of carbonyl (C=O) groups excluding carboxylic acids is 3. The number of aromatic hydroxyl groups is 2. The first kappa shape index (κ1) is 13.1. The predicted octanol–water partition coefficient (Wildman–Crippen LogP) is 2.08. The summed E-state index contributed by atoms with van der Waals surface area (Å²) in [6.07, 6.45) is 0. The summed E-state index contributed by atoms with van der Waals surface area (Å²) in [4.78, 5) is 36.3. The van der Waals surface area contributed by atoms with Crippen LogP contribution >= 0.6 is 0 Å². The molecule has 0 aromatic heterocycles. The quantitative estimate of drug-likeness (QED) is 0.526. The minimum atomic E-state index is -0.587. The second-order valence-corrected chi connectivity index (χ2v) is 4.83. The van der Waals surface area contributed by atoms with E-state index in [0.29, 0.717) is 5.56 Å². The van der Waals surface area contributed by atoms with Gasteiger partial charge in [0.1, 0.15) is 11.5 Å². The van der Waals surface area contributed by atoms with Crippen LogP contribution in [0.2, 0.25) is 0 Å². The molecule has 21 heavy (non-hydrogen) atoms. The number of carbonyl (C=O) groups is 3. The van der Waals surface area contributed by atoms with E-state index >= 15 is 0 Å². The van der Waals surface area contributed by atoms with Gasteiger partial charge in [0, 0.05) is 16.7 Å². The number of rotatable bonds is 1. The van der Waals surface area contributed by atoms with Crippen LogP contribution in [0.1, 0.15) is 49.1 Å². The molecule has 2 aromatic carbocycles. The molecule has 0 heterocycles. The summed E-state index contributed by atoms with van der Waals surface area (Å²) >= 11 is 0. The molecule has 0 amide bonds. The van der Waals surface area contributed by atoms with Crippen LogP contribution in [0.4, 0.5) is 0 Å². The van der Waals surface area contributed by atoms with E-state index in [2.05, 4.69) is 0 Å². The van der Waals surface area contributed by atoms with Gasteiger partial charge in [-0.05, 0) is 31.2 Å². The van der Waals surface area contributed by atoms with Crippen LogP contribution in [-0.2, 0) is 0 Å². The van der Waals surface area contributed by atoms with Crippen molar-refractivity contribution in [3.63, 3.8) is 0 Å². The lowest BCUT2D eigenvalue weighted by Gasteiger charge is -2.19. The van der Waals surface area contributed by atoms with E-state index in [9.17, 15) is 24.6 Å². The van der Waals surface area contributed by atoms with Crippen molar-refractivity contribution >= 4 is 17.3 Å². The van der Waals surface area contributed by atoms with E-state index in [-0.39, 0.29) is 39.5 Å². The molecule has 0 fully saturated rings. The van der Waals surface area contributed by atoms with Crippen molar-refractivity contribution in [2.24, 2.45) is 0 Å². The highest BCUT2D eigenvalue weighted by atomic mass is 16.3. The summed E-state index contributed by atoms with van der Waals surface area (Å²) in [5, 5.41) is 19.6. The van der Waals surface area contributed by atoms with Gasteiger partial charge in [-0.2, -0.15) is 0 Å². The van der Waals surface area contributed by atoms with Gasteiger partial charge < -0.3 is 10.2 Å². The fraction of sp³-hybridized carbons (Fsp3) is 0.0625. The first-order valence-electron chi connectivity index (χ1n) is 6.21. The Bertz CT molecular complexity index is 833. The van der Waals surface area contributed by atoms with Crippen LogP contribution in [0.15, 0.2) is 30.3 Å². The zero-order valence-corrected chi connectivity index (χ0v) is 11.0. The van der Waals surface area contributed by atoms with E-state index in [0.717, 1.165) is 12.1 Å². The Labute approximate surface area is 119 Å². The van der Waals surface area contributed by atoms with E-state index in [1.54, 1.807) is 0 Å². The third kappa shape index (κ3) is 1.74. The Kier molecular flexibility index (Phi) is 2.66. The topological polar surface area (TPSA) is 91.7 Å². The molecular weight excluding hydrogens is 272 g/mol. The number of benzene rings is 2. The maximum absolute atomic E-state index is 12.5. The highest BCUT2D eigenvalue weighted by Gasteiger charge is 2.34. The van der Waals surface area contributed by atoms with Gasteiger partial charge in [0.15, 0.2) is 17.3 Å². The van der Waals surface area contributed by atoms with Crippen molar-refractivity contribution < 1.29 is 24.6 Å².